The molecule has 9 nitrogen and oxygen atoms in total. The van der Waals surface area contributed by atoms with Gasteiger partial charge in [-0.25, -0.2) is 0 Å². The lowest BCUT2D eigenvalue weighted by molar-refractivity contribution is -0.157. The van der Waals surface area contributed by atoms with Crippen molar-refractivity contribution in [2.75, 3.05) is 0 Å². The molecule has 1 fully saturated rings. The summed E-state index contributed by atoms with van der Waals surface area (Å²) >= 11 is 0. The minimum Gasteiger partial charge on any atom is -0.457 e. The lowest BCUT2D eigenvalue weighted by Crippen LogP contribution is -2.42. The Balaban J connectivity index is 2.18. The first kappa shape index (κ1) is 33.2. The van der Waals surface area contributed by atoms with Crippen LogP contribution in [0.2, 0.25) is 0 Å². The fourth-order valence-corrected chi connectivity index (χ4v) is 4.98. The fraction of sp³-hybridized carbons (Fsp3) is 0.733. The van der Waals surface area contributed by atoms with Crippen LogP contribution in [0.25, 0.3) is 0 Å². The predicted molar refractivity (Wildman–Crippen MR) is 146 cm³/mol. The number of ether oxygens (including phenoxy) is 3. The highest BCUT2D eigenvalue weighted by Crippen LogP contribution is 2.37. The van der Waals surface area contributed by atoms with Crippen molar-refractivity contribution in [2.24, 2.45) is 11.8 Å². The molecule has 39 heavy (non-hydrogen) atoms. The van der Waals surface area contributed by atoms with Crippen molar-refractivity contribution < 1.29 is 44.2 Å². The van der Waals surface area contributed by atoms with Gasteiger partial charge < -0.3 is 34.6 Å². The lowest BCUT2D eigenvalue weighted by atomic mass is 9.88. The molecule has 0 bridgehead atoms. The summed E-state index contributed by atoms with van der Waals surface area (Å²) in [6, 6.07) is 0. The Labute approximate surface area is 232 Å². The number of epoxide rings is 1. The van der Waals surface area contributed by atoms with E-state index >= 15 is 0 Å². The Morgan fingerprint density at radius 3 is 2.62 bits per heavy atom. The lowest BCUT2D eigenvalue weighted by Gasteiger charge is -2.32. The standard InChI is InChI=1S/C30H48O9/c1-8-23(33)20(4)28-24(38-28)17-29(6,35)14-9-10-18(2)27-19(3)11-12-25(37-21(5)31)30(7,36)15-13-22(32)16-26(34)39-27/h9-12,14,19-20,22-25,27-28,32-33,35-36H,8,13,15-17H2,1-7H3/b12-11+,14-9+,18-10+/t19?,20-,22?,23+,24+,25?,27?,28+,29+,30?/m1/s1. The molecular formula is C30H48O9. The maximum atomic E-state index is 12.6. The van der Waals surface area contributed by atoms with Gasteiger partial charge in [0.2, 0.25) is 0 Å². The predicted octanol–water partition coefficient (Wildman–Crippen LogP) is 3.14. The highest BCUT2D eigenvalue weighted by molar-refractivity contribution is 5.70. The van der Waals surface area contributed by atoms with Crippen LogP contribution >= 0.6 is 0 Å². The third kappa shape index (κ3) is 10.5. The summed E-state index contributed by atoms with van der Waals surface area (Å²) < 4.78 is 16.8. The molecule has 0 amide bonds. The smallest absolute Gasteiger partial charge is 0.309 e. The largest absolute Gasteiger partial charge is 0.457 e. The molecule has 222 valence electrons. The van der Waals surface area contributed by atoms with Crippen molar-refractivity contribution in [3.63, 3.8) is 0 Å². The second kappa shape index (κ2) is 14.0. The summed E-state index contributed by atoms with van der Waals surface area (Å²) in [6.07, 6.45) is 6.23. The molecule has 0 spiro atoms. The first-order valence-electron chi connectivity index (χ1n) is 13.9. The van der Waals surface area contributed by atoms with E-state index in [9.17, 15) is 30.0 Å². The zero-order chi connectivity index (χ0) is 29.5. The van der Waals surface area contributed by atoms with E-state index in [0.29, 0.717) is 18.4 Å². The third-order valence-corrected chi connectivity index (χ3v) is 7.66. The van der Waals surface area contributed by atoms with E-state index < -0.39 is 47.6 Å². The molecule has 4 N–H and O–H groups in total. The zero-order valence-electron chi connectivity index (χ0n) is 24.4. The van der Waals surface area contributed by atoms with Gasteiger partial charge in [-0.15, -0.1) is 0 Å². The van der Waals surface area contributed by atoms with Crippen LogP contribution in [0.1, 0.15) is 80.6 Å². The monoisotopic (exact) mass is 552 g/mol. The second-order valence-corrected chi connectivity index (χ2v) is 11.7. The Bertz CT molecular complexity index is 919. The SMILES string of the molecule is CC[C@H](O)[C@@H](C)[C@@H]1O[C@H]1C[C@@](C)(O)/C=C/C=C(\C)C1OC(=O)CC(O)CCC(C)(O)C(OC(C)=O)/C=C/C1C. The Morgan fingerprint density at radius 1 is 1.33 bits per heavy atom. The first-order valence-corrected chi connectivity index (χ1v) is 13.9. The van der Waals surface area contributed by atoms with Crippen LogP contribution in [-0.2, 0) is 23.8 Å². The van der Waals surface area contributed by atoms with Crippen LogP contribution in [0.3, 0.4) is 0 Å². The molecule has 0 saturated carbocycles. The molecule has 9 heteroatoms. The van der Waals surface area contributed by atoms with Crippen LogP contribution < -0.4 is 0 Å². The molecule has 5 unspecified atom stereocenters. The average molecular weight is 553 g/mol. The molecule has 2 rings (SSSR count). The minimum atomic E-state index is -1.43. The van der Waals surface area contributed by atoms with E-state index in [1.807, 2.05) is 20.8 Å². The quantitative estimate of drug-likeness (QED) is 0.147. The van der Waals surface area contributed by atoms with Crippen LogP contribution in [-0.4, -0.2) is 80.2 Å². The maximum absolute atomic E-state index is 12.6. The van der Waals surface area contributed by atoms with Gasteiger partial charge in [0, 0.05) is 25.2 Å². The minimum absolute atomic E-state index is 0.00472. The van der Waals surface area contributed by atoms with Crippen LogP contribution in [0, 0.1) is 11.8 Å². The molecule has 0 radical (unpaired) electrons. The second-order valence-electron chi connectivity index (χ2n) is 11.7. The number of rotatable bonds is 9. The van der Waals surface area contributed by atoms with Crippen molar-refractivity contribution in [2.45, 2.75) is 128 Å². The molecule has 2 aliphatic rings. The van der Waals surface area contributed by atoms with E-state index in [0.717, 1.165) is 0 Å². The van der Waals surface area contributed by atoms with Crippen LogP contribution in [0.4, 0.5) is 0 Å². The van der Waals surface area contributed by atoms with E-state index in [1.165, 1.54) is 13.8 Å². The molecule has 10 atom stereocenters. The third-order valence-electron chi connectivity index (χ3n) is 7.66. The van der Waals surface area contributed by atoms with E-state index in [2.05, 4.69) is 0 Å². The molecular weight excluding hydrogens is 504 g/mol. The summed E-state index contributed by atoms with van der Waals surface area (Å²) in [4.78, 5) is 24.3. The maximum Gasteiger partial charge on any atom is 0.309 e. The van der Waals surface area contributed by atoms with Gasteiger partial charge in [0.05, 0.1) is 36.4 Å². The van der Waals surface area contributed by atoms with E-state index in [1.54, 1.807) is 44.2 Å². The van der Waals surface area contributed by atoms with E-state index in [-0.39, 0.29) is 43.3 Å². The van der Waals surface area contributed by atoms with Gasteiger partial charge in [-0.05, 0) is 51.7 Å². The fourth-order valence-electron chi connectivity index (χ4n) is 4.98. The zero-order valence-corrected chi connectivity index (χ0v) is 24.4. The van der Waals surface area contributed by atoms with Crippen molar-refractivity contribution in [3.05, 3.63) is 36.0 Å². The molecule has 2 heterocycles. The number of allylic oxidation sites excluding steroid dienone is 2. The van der Waals surface area contributed by atoms with Crippen molar-refractivity contribution in [1.29, 1.82) is 0 Å². The molecule has 0 aromatic rings. The van der Waals surface area contributed by atoms with Crippen molar-refractivity contribution >= 4 is 11.9 Å². The number of hydrogen-bond donors (Lipinski definition) is 4. The number of hydrogen-bond acceptors (Lipinski definition) is 9. The van der Waals surface area contributed by atoms with Gasteiger partial charge in [0.1, 0.15) is 17.8 Å². The summed E-state index contributed by atoms with van der Waals surface area (Å²) in [5, 5.41) is 42.2. The number of carbonyl (C=O) groups excluding carboxylic acids is 2. The number of cyclic esters (lactones) is 1. The Hall–Kier alpha value is -2.04. The molecule has 0 aliphatic carbocycles. The van der Waals surface area contributed by atoms with Gasteiger partial charge in [0.15, 0.2) is 0 Å². The number of aliphatic hydroxyl groups excluding tert-OH is 2. The molecule has 0 aromatic heterocycles. The summed E-state index contributed by atoms with van der Waals surface area (Å²) in [5.41, 5.74) is -1.87. The normalized spacial score (nSPS) is 36.6. The summed E-state index contributed by atoms with van der Waals surface area (Å²) in [7, 11) is 0. The molecule has 0 aromatic carbocycles. The van der Waals surface area contributed by atoms with Gasteiger partial charge in [-0.1, -0.05) is 45.1 Å². The Kier molecular flexibility index (Phi) is 11.9. The van der Waals surface area contributed by atoms with Crippen molar-refractivity contribution in [1.82, 2.24) is 0 Å². The van der Waals surface area contributed by atoms with Gasteiger partial charge in [-0.2, -0.15) is 0 Å². The molecule has 2 aliphatic heterocycles. The number of aliphatic hydroxyl groups is 4. The van der Waals surface area contributed by atoms with Gasteiger partial charge >= 0.3 is 11.9 Å². The summed E-state index contributed by atoms with van der Waals surface area (Å²) in [6.45, 7) is 12.0. The molecule has 1 saturated heterocycles. The average Bonchev–Trinajstić information content (AvgIpc) is 3.59. The number of carbonyl (C=O) groups is 2. The highest BCUT2D eigenvalue weighted by Gasteiger charge is 2.47. The van der Waals surface area contributed by atoms with Gasteiger partial charge in [-0.3, -0.25) is 9.59 Å². The number of esters is 2. The Morgan fingerprint density at radius 2 is 2.00 bits per heavy atom. The van der Waals surface area contributed by atoms with Crippen molar-refractivity contribution in [3.8, 4) is 0 Å². The van der Waals surface area contributed by atoms with Crippen LogP contribution in [0.15, 0.2) is 36.0 Å². The highest BCUT2D eigenvalue weighted by atomic mass is 16.6. The van der Waals surface area contributed by atoms with E-state index in [4.69, 9.17) is 14.2 Å². The summed E-state index contributed by atoms with van der Waals surface area (Å²) in [5.74, 6) is -1.46. The van der Waals surface area contributed by atoms with Crippen LogP contribution in [0.5, 0.6) is 0 Å². The van der Waals surface area contributed by atoms with Gasteiger partial charge in [0.25, 0.3) is 0 Å². The topological polar surface area (TPSA) is 146 Å². The first-order chi connectivity index (χ1) is 18.1.